The van der Waals surface area contributed by atoms with Crippen LogP contribution in [-0.4, -0.2) is 31.7 Å². The van der Waals surface area contributed by atoms with E-state index in [2.05, 4.69) is 22.4 Å². The first-order valence-electron chi connectivity index (χ1n) is 8.64. The van der Waals surface area contributed by atoms with Gasteiger partial charge in [0.1, 0.15) is 5.01 Å². The lowest BCUT2D eigenvalue weighted by Crippen LogP contribution is -2.25. The van der Waals surface area contributed by atoms with Gasteiger partial charge in [0.05, 0.1) is 19.9 Å². The van der Waals surface area contributed by atoms with Crippen LogP contribution in [-0.2, 0) is 6.42 Å². The minimum atomic E-state index is -0.138. The fourth-order valence-electron chi connectivity index (χ4n) is 2.73. The Morgan fingerprint density at radius 1 is 1.07 bits per heavy atom. The lowest BCUT2D eigenvalue weighted by molar-refractivity contribution is 0.0953. The van der Waals surface area contributed by atoms with Gasteiger partial charge in [-0.1, -0.05) is 30.3 Å². The topological polar surface area (TPSA) is 60.5 Å². The van der Waals surface area contributed by atoms with Crippen LogP contribution in [0.15, 0.2) is 48.5 Å². The van der Waals surface area contributed by atoms with E-state index < -0.39 is 0 Å². The molecule has 5 nitrogen and oxygen atoms in total. The molecule has 0 spiro atoms. The summed E-state index contributed by atoms with van der Waals surface area (Å²) in [6.07, 6.45) is 0.745. The van der Waals surface area contributed by atoms with E-state index in [0.29, 0.717) is 23.6 Å². The fourth-order valence-corrected chi connectivity index (χ4v) is 3.80. The summed E-state index contributed by atoms with van der Waals surface area (Å²) in [5.74, 6) is 1.00. The summed E-state index contributed by atoms with van der Waals surface area (Å²) >= 11 is 1.67. The van der Waals surface area contributed by atoms with Crippen LogP contribution in [0.2, 0.25) is 0 Å². The first-order chi connectivity index (χ1) is 13.1. The Morgan fingerprint density at radius 3 is 2.52 bits per heavy atom. The maximum Gasteiger partial charge on any atom is 0.251 e. The number of nitrogens with zero attached hydrogens (tertiary/aromatic N) is 1. The second kappa shape index (κ2) is 8.68. The Labute approximate surface area is 163 Å². The van der Waals surface area contributed by atoms with Crippen molar-refractivity contribution in [1.29, 1.82) is 0 Å². The standard InChI is InChI=1S/C21H22N2O3S/c1-14-19(27-21(23-14)15-7-5-4-6-8-15)11-12-22-20(24)16-9-10-17(25-2)18(13-16)26-3/h4-10,13H,11-12H2,1-3H3,(H,22,24). The molecule has 2 aromatic carbocycles. The highest BCUT2D eigenvalue weighted by Crippen LogP contribution is 2.28. The Morgan fingerprint density at radius 2 is 1.81 bits per heavy atom. The molecule has 6 heteroatoms. The van der Waals surface area contributed by atoms with E-state index in [4.69, 9.17) is 9.47 Å². The monoisotopic (exact) mass is 382 g/mol. The second-order valence-corrected chi connectivity index (χ2v) is 7.05. The average Bonchev–Trinajstić information content (AvgIpc) is 3.08. The Balaban J connectivity index is 1.61. The molecule has 0 aliphatic rings. The molecule has 0 aliphatic carbocycles. The molecule has 3 rings (SSSR count). The van der Waals surface area contributed by atoms with Gasteiger partial charge < -0.3 is 14.8 Å². The van der Waals surface area contributed by atoms with Crippen LogP contribution in [0.25, 0.3) is 10.6 Å². The largest absolute Gasteiger partial charge is 0.493 e. The molecule has 0 saturated heterocycles. The number of aromatic nitrogens is 1. The quantitative estimate of drug-likeness (QED) is 0.668. The summed E-state index contributed by atoms with van der Waals surface area (Å²) in [5, 5.41) is 3.96. The maximum atomic E-state index is 12.4. The number of aryl methyl sites for hydroxylation is 1. The molecule has 0 radical (unpaired) electrons. The Kier molecular flexibility index (Phi) is 6.08. The zero-order valence-corrected chi connectivity index (χ0v) is 16.4. The van der Waals surface area contributed by atoms with E-state index in [1.54, 1.807) is 43.8 Å². The number of ether oxygens (including phenoxy) is 2. The second-order valence-electron chi connectivity index (χ2n) is 5.97. The number of thiazole rings is 1. The zero-order chi connectivity index (χ0) is 19.2. The van der Waals surface area contributed by atoms with Gasteiger partial charge in [0, 0.05) is 29.0 Å². The molecule has 0 atom stereocenters. The average molecular weight is 382 g/mol. The fraction of sp³-hybridized carbons (Fsp3) is 0.238. The first kappa shape index (κ1) is 18.9. The number of amides is 1. The van der Waals surface area contributed by atoms with Crippen LogP contribution in [0, 0.1) is 6.92 Å². The molecule has 0 bridgehead atoms. The summed E-state index contributed by atoms with van der Waals surface area (Å²) in [7, 11) is 3.12. The van der Waals surface area contributed by atoms with E-state index in [-0.39, 0.29) is 5.91 Å². The van der Waals surface area contributed by atoms with Crippen molar-refractivity contribution >= 4 is 17.2 Å². The lowest BCUT2D eigenvalue weighted by Gasteiger charge is -2.10. The van der Waals surface area contributed by atoms with E-state index in [9.17, 15) is 4.79 Å². The van der Waals surface area contributed by atoms with Gasteiger partial charge in [-0.15, -0.1) is 11.3 Å². The highest BCUT2D eigenvalue weighted by Gasteiger charge is 2.12. The van der Waals surface area contributed by atoms with Gasteiger partial charge in [-0.25, -0.2) is 4.98 Å². The minimum Gasteiger partial charge on any atom is -0.493 e. The van der Waals surface area contributed by atoms with E-state index in [0.717, 1.165) is 22.7 Å². The summed E-state index contributed by atoms with van der Waals surface area (Å²) in [6.45, 7) is 2.55. The third-order valence-corrected chi connectivity index (χ3v) is 5.46. The number of benzene rings is 2. The van der Waals surface area contributed by atoms with Crippen LogP contribution in [0.1, 0.15) is 20.9 Å². The summed E-state index contributed by atoms with van der Waals surface area (Å²) in [6, 6.07) is 15.3. The number of methoxy groups -OCH3 is 2. The van der Waals surface area contributed by atoms with Crippen LogP contribution >= 0.6 is 11.3 Å². The molecule has 0 fully saturated rings. The molecule has 0 unspecified atom stereocenters. The number of carbonyl (C=O) groups is 1. The SMILES string of the molecule is COc1ccc(C(=O)NCCc2sc(-c3ccccc3)nc2C)cc1OC. The lowest BCUT2D eigenvalue weighted by atomic mass is 10.2. The molecule has 0 aliphatic heterocycles. The summed E-state index contributed by atoms with van der Waals surface area (Å²) in [5.41, 5.74) is 2.67. The van der Waals surface area contributed by atoms with Gasteiger partial charge in [0.2, 0.25) is 0 Å². The van der Waals surface area contributed by atoms with Crippen LogP contribution in [0.3, 0.4) is 0 Å². The molecule has 3 aromatic rings. The van der Waals surface area contributed by atoms with Gasteiger partial charge in [-0.05, 0) is 25.1 Å². The number of nitrogens with one attached hydrogen (secondary N) is 1. The summed E-state index contributed by atoms with van der Waals surface area (Å²) in [4.78, 5) is 18.2. The van der Waals surface area contributed by atoms with E-state index >= 15 is 0 Å². The van der Waals surface area contributed by atoms with Crippen molar-refractivity contribution in [3.63, 3.8) is 0 Å². The molecule has 140 valence electrons. The van der Waals surface area contributed by atoms with Crippen molar-refractivity contribution in [3.05, 3.63) is 64.7 Å². The Hall–Kier alpha value is -2.86. The predicted octanol–water partition coefficient (Wildman–Crippen LogP) is 4.11. The number of hydrogen-bond donors (Lipinski definition) is 1. The van der Waals surface area contributed by atoms with E-state index in [1.165, 1.54) is 4.88 Å². The van der Waals surface area contributed by atoms with Crippen molar-refractivity contribution in [2.45, 2.75) is 13.3 Å². The summed E-state index contributed by atoms with van der Waals surface area (Å²) < 4.78 is 10.4. The van der Waals surface area contributed by atoms with Crippen molar-refractivity contribution < 1.29 is 14.3 Å². The smallest absolute Gasteiger partial charge is 0.251 e. The van der Waals surface area contributed by atoms with Crippen molar-refractivity contribution in [1.82, 2.24) is 10.3 Å². The van der Waals surface area contributed by atoms with Crippen molar-refractivity contribution in [2.24, 2.45) is 0 Å². The number of hydrogen-bond acceptors (Lipinski definition) is 5. The molecule has 1 aromatic heterocycles. The van der Waals surface area contributed by atoms with Gasteiger partial charge >= 0.3 is 0 Å². The number of rotatable bonds is 7. The van der Waals surface area contributed by atoms with Gasteiger partial charge in [0.15, 0.2) is 11.5 Å². The molecule has 27 heavy (non-hydrogen) atoms. The third kappa shape index (κ3) is 4.46. The molecular formula is C21H22N2O3S. The Bertz CT molecular complexity index is 922. The van der Waals surface area contributed by atoms with Gasteiger partial charge in [-0.3, -0.25) is 4.79 Å². The maximum absolute atomic E-state index is 12.4. The van der Waals surface area contributed by atoms with Gasteiger partial charge in [-0.2, -0.15) is 0 Å². The zero-order valence-electron chi connectivity index (χ0n) is 15.6. The van der Waals surface area contributed by atoms with Crippen molar-refractivity contribution in [2.75, 3.05) is 20.8 Å². The molecular weight excluding hydrogens is 360 g/mol. The van der Waals surface area contributed by atoms with Gasteiger partial charge in [0.25, 0.3) is 5.91 Å². The number of carbonyl (C=O) groups excluding carboxylic acids is 1. The van der Waals surface area contributed by atoms with Crippen LogP contribution in [0.5, 0.6) is 11.5 Å². The normalized spacial score (nSPS) is 10.5. The highest BCUT2D eigenvalue weighted by molar-refractivity contribution is 7.15. The predicted molar refractivity (Wildman–Crippen MR) is 108 cm³/mol. The van der Waals surface area contributed by atoms with Crippen molar-refractivity contribution in [3.8, 4) is 22.1 Å². The van der Waals surface area contributed by atoms with Crippen LogP contribution in [0.4, 0.5) is 0 Å². The van der Waals surface area contributed by atoms with Crippen LogP contribution < -0.4 is 14.8 Å². The third-order valence-electron chi connectivity index (χ3n) is 4.20. The molecule has 1 heterocycles. The highest BCUT2D eigenvalue weighted by atomic mass is 32.1. The minimum absolute atomic E-state index is 0.138. The molecule has 1 N–H and O–H groups in total. The molecule has 1 amide bonds. The molecule has 0 saturated carbocycles. The van der Waals surface area contributed by atoms with E-state index in [1.807, 2.05) is 25.1 Å². The first-order valence-corrected chi connectivity index (χ1v) is 9.46.